The SMILES string of the molecule is CCC1CCC(NC(=O)C2(C(N)=NO)CC2)CC1. The first kappa shape index (κ1) is 13.2. The fourth-order valence-corrected chi connectivity index (χ4v) is 2.86. The van der Waals surface area contributed by atoms with Gasteiger partial charge in [-0.15, -0.1) is 0 Å². The number of hydrogen-bond acceptors (Lipinski definition) is 3. The molecule has 0 unspecified atom stereocenters. The van der Waals surface area contributed by atoms with Gasteiger partial charge in [0.25, 0.3) is 0 Å². The second-order valence-electron chi connectivity index (χ2n) is 5.67. The Labute approximate surface area is 108 Å². The van der Waals surface area contributed by atoms with E-state index in [4.69, 9.17) is 10.9 Å². The number of hydrogen-bond donors (Lipinski definition) is 3. The first-order chi connectivity index (χ1) is 8.62. The number of carbonyl (C=O) groups excluding carboxylic acids is 1. The van der Waals surface area contributed by atoms with Gasteiger partial charge in [-0.25, -0.2) is 0 Å². The Bertz CT molecular complexity index is 342. The van der Waals surface area contributed by atoms with Gasteiger partial charge in [0.1, 0.15) is 5.41 Å². The molecule has 2 aliphatic carbocycles. The molecule has 0 atom stereocenters. The van der Waals surface area contributed by atoms with E-state index in [-0.39, 0.29) is 17.8 Å². The van der Waals surface area contributed by atoms with Gasteiger partial charge in [-0.05, 0) is 44.4 Å². The van der Waals surface area contributed by atoms with Gasteiger partial charge in [-0.3, -0.25) is 4.79 Å². The number of amidine groups is 1. The molecule has 0 bridgehead atoms. The lowest BCUT2D eigenvalue weighted by Gasteiger charge is -2.29. The van der Waals surface area contributed by atoms with Crippen LogP contribution in [0.5, 0.6) is 0 Å². The van der Waals surface area contributed by atoms with Crippen LogP contribution in [0.3, 0.4) is 0 Å². The van der Waals surface area contributed by atoms with E-state index >= 15 is 0 Å². The van der Waals surface area contributed by atoms with Crippen molar-refractivity contribution in [2.75, 3.05) is 0 Å². The van der Waals surface area contributed by atoms with Gasteiger partial charge in [0, 0.05) is 6.04 Å². The van der Waals surface area contributed by atoms with Crippen molar-refractivity contribution in [3.05, 3.63) is 0 Å². The standard InChI is InChI=1S/C13H23N3O2/c1-2-9-3-5-10(6-4-9)15-12(17)13(7-8-13)11(14)16-18/h9-10,18H,2-8H2,1H3,(H2,14,16)(H,15,17). The van der Waals surface area contributed by atoms with Gasteiger partial charge in [0.05, 0.1) is 0 Å². The van der Waals surface area contributed by atoms with Crippen molar-refractivity contribution < 1.29 is 10.0 Å². The maximum atomic E-state index is 12.2. The van der Waals surface area contributed by atoms with E-state index in [0.29, 0.717) is 12.8 Å². The van der Waals surface area contributed by atoms with Gasteiger partial charge < -0.3 is 16.3 Å². The molecule has 18 heavy (non-hydrogen) atoms. The van der Waals surface area contributed by atoms with Crippen molar-refractivity contribution >= 4 is 11.7 Å². The van der Waals surface area contributed by atoms with Gasteiger partial charge in [0.2, 0.25) is 5.91 Å². The molecule has 0 saturated heterocycles. The highest BCUT2D eigenvalue weighted by Gasteiger charge is 2.54. The zero-order chi connectivity index (χ0) is 13.2. The molecular formula is C13H23N3O2. The first-order valence-electron chi connectivity index (χ1n) is 6.91. The number of carbonyl (C=O) groups is 1. The summed E-state index contributed by atoms with van der Waals surface area (Å²) in [5.41, 5.74) is 4.89. The summed E-state index contributed by atoms with van der Waals surface area (Å²) in [5, 5.41) is 14.8. The highest BCUT2D eigenvalue weighted by molar-refractivity contribution is 6.09. The minimum atomic E-state index is -0.712. The van der Waals surface area contributed by atoms with Crippen LogP contribution in [0, 0.1) is 11.3 Å². The molecule has 0 aliphatic heterocycles. The van der Waals surface area contributed by atoms with Crippen molar-refractivity contribution in [1.29, 1.82) is 0 Å². The molecule has 0 radical (unpaired) electrons. The fraction of sp³-hybridized carbons (Fsp3) is 0.846. The molecule has 2 saturated carbocycles. The summed E-state index contributed by atoms with van der Waals surface area (Å²) in [6.45, 7) is 2.22. The summed E-state index contributed by atoms with van der Waals surface area (Å²) in [5.74, 6) is 0.817. The summed E-state index contributed by atoms with van der Waals surface area (Å²) in [6, 6.07) is 0.268. The maximum absolute atomic E-state index is 12.2. The smallest absolute Gasteiger partial charge is 0.234 e. The molecular weight excluding hydrogens is 230 g/mol. The molecule has 1 amide bonds. The maximum Gasteiger partial charge on any atom is 0.234 e. The van der Waals surface area contributed by atoms with E-state index in [2.05, 4.69) is 17.4 Å². The summed E-state index contributed by atoms with van der Waals surface area (Å²) in [7, 11) is 0. The summed E-state index contributed by atoms with van der Waals surface area (Å²) in [4.78, 5) is 12.2. The van der Waals surface area contributed by atoms with Crippen LogP contribution in [0.25, 0.3) is 0 Å². The molecule has 2 rings (SSSR count). The zero-order valence-electron chi connectivity index (χ0n) is 11.0. The normalized spacial score (nSPS) is 30.8. The number of nitrogens with one attached hydrogen (secondary N) is 1. The molecule has 5 nitrogen and oxygen atoms in total. The largest absolute Gasteiger partial charge is 0.409 e. The lowest BCUT2D eigenvalue weighted by Crippen LogP contribution is -2.46. The van der Waals surface area contributed by atoms with E-state index < -0.39 is 5.41 Å². The Hall–Kier alpha value is -1.26. The average molecular weight is 253 g/mol. The number of nitrogens with zero attached hydrogens (tertiary/aromatic N) is 1. The minimum absolute atomic E-state index is 0.0576. The predicted octanol–water partition coefficient (Wildman–Crippen LogP) is 1.60. The van der Waals surface area contributed by atoms with Crippen molar-refractivity contribution in [2.24, 2.45) is 22.2 Å². The van der Waals surface area contributed by atoms with Crippen LogP contribution < -0.4 is 11.1 Å². The Kier molecular flexibility index (Phi) is 3.78. The van der Waals surface area contributed by atoms with Gasteiger partial charge in [-0.1, -0.05) is 18.5 Å². The van der Waals surface area contributed by atoms with Crippen molar-refractivity contribution in [2.45, 2.75) is 57.9 Å². The number of nitrogens with two attached hydrogens (primary N) is 1. The average Bonchev–Trinajstić information content (AvgIpc) is 3.20. The van der Waals surface area contributed by atoms with E-state index in [1.54, 1.807) is 0 Å². The van der Waals surface area contributed by atoms with Gasteiger partial charge in [0.15, 0.2) is 5.84 Å². The molecule has 0 heterocycles. The molecule has 0 aromatic rings. The second-order valence-corrected chi connectivity index (χ2v) is 5.67. The van der Waals surface area contributed by atoms with Crippen LogP contribution >= 0.6 is 0 Å². The van der Waals surface area contributed by atoms with Crippen LogP contribution in [-0.2, 0) is 4.79 Å². The highest BCUT2D eigenvalue weighted by atomic mass is 16.4. The third-order valence-corrected chi connectivity index (χ3v) is 4.54. The Morgan fingerprint density at radius 1 is 1.39 bits per heavy atom. The second kappa shape index (κ2) is 5.16. The molecule has 2 fully saturated rings. The van der Waals surface area contributed by atoms with Crippen LogP contribution in [-0.4, -0.2) is 23.0 Å². The third-order valence-electron chi connectivity index (χ3n) is 4.54. The monoisotopic (exact) mass is 253 g/mol. The Morgan fingerprint density at radius 3 is 2.44 bits per heavy atom. The molecule has 4 N–H and O–H groups in total. The molecule has 102 valence electrons. The lowest BCUT2D eigenvalue weighted by molar-refractivity contribution is -0.125. The topological polar surface area (TPSA) is 87.7 Å². The molecule has 0 aromatic heterocycles. The van der Waals surface area contributed by atoms with Crippen molar-refractivity contribution in [3.8, 4) is 0 Å². The van der Waals surface area contributed by atoms with E-state index in [9.17, 15) is 4.79 Å². The quantitative estimate of drug-likeness (QED) is 0.308. The lowest BCUT2D eigenvalue weighted by atomic mass is 9.84. The van der Waals surface area contributed by atoms with Crippen LogP contribution in [0.4, 0.5) is 0 Å². The van der Waals surface area contributed by atoms with Crippen molar-refractivity contribution in [1.82, 2.24) is 5.32 Å². The Morgan fingerprint density at radius 2 is 2.00 bits per heavy atom. The summed E-state index contributed by atoms with van der Waals surface area (Å²) >= 11 is 0. The van der Waals surface area contributed by atoms with Crippen molar-refractivity contribution in [3.63, 3.8) is 0 Å². The van der Waals surface area contributed by atoms with E-state index in [1.807, 2.05) is 0 Å². The molecule has 2 aliphatic rings. The highest BCUT2D eigenvalue weighted by Crippen LogP contribution is 2.46. The molecule has 0 aromatic carbocycles. The van der Waals surface area contributed by atoms with Gasteiger partial charge in [-0.2, -0.15) is 0 Å². The van der Waals surface area contributed by atoms with E-state index in [1.165, 1.54) is 19.3 Å². The van der Waals surface area contributed by atoms with Crippen LogP contribution in [0.15, 0.2) is 5.16 Å². The number of amides is 1. The Balaban J connectivity index is 1.86. The fourth-order valence-electron chi connectivity index (χ4n) is 2.86. The summed E-state index contributed by atoms with van der Waals surface area (Å²) in [6.07, 6.45) is 7.11. The molecule has 0 spiro atoms. The predicted molar refractivity (Wildman–Crippen MR) is 69.3 cm³/mol. The first-order valence-corrected chi connectivity index (χ1v) is 6.91. The van der Waals surface area contributed by atoms with E-state index in [0.717, 1.165) is 18.8 Å². The minimum Gasteiger partial charge on any atom is -0.409 e. The number of rotatable bonds is 4. The van der Waals surface area contributed by atoms with Crippen LogP contribution in [0.2, 0.25) is 0 Å². The zero-order valence-corrected chi connectivity index (χ0v) is 11.0. The van der Waals surface area contributed by atoms with Crippen LogP contribution in [0.1, 0.15) is 51.9 Å². The molecule has 5 heteroatoms. The summed E-state index contributed by atoms with van der Waals surface area (Å²) < 4.78 is 0. The van der Waals surface area contributed by atoms with Gasteiger partial charge >= 0.3 is 0 Å². The third kappa shape index (κ3) is 2.44. The number of oxime groups is 1.